The molecule has 0 fully saturated rings. The summed E-state index contributed by atoms with van der Waals surface area (Å²) < 4.78 is 54.0. The maximum Gasteiger partial charge on any atom is 0.319 e. The molecule has 18 heavy (non-hydrogen) atoms. The number of para-hydroxylation sites is 1. The van der Waals surface area contributed by atoms with Crippen molar-refractivity contribution >= 4 is 0 Å². The van der Waals surface area contributed by atoms with E-state index in [-0.39, 0.29) is 6.54 Å². The van der Waals surface area contributed by atoms with Gasteiger partial charge in [0.1, 0.15) is 5.75 Å². The fraction of sp³-hybridized carbons (Fsp3) is 0.500. The van der Waals surface area contributed by atoms with E-state index in [9.17, 15) is 17.6 Å². The van der Waals surface area contributed by atoms with Gasteiger partial charge in [0.15, 0.2) is 0 Å². The standard InChI is InChI=1S/C12H15F4NO/c1-18-10-5-3-2-4-9(10)6-7-17-8-12(15,16)11(13)14/h2-5,11,17H,6-8H2,1H3. The van der Waals surface area contributed by atoms with Gasteiger partial charge in [0.25, 0.3) is 0 Å². The summed E-state index contributed by atoms with van der Waals surface area (Å²) in [6.45, 7) is -0.845. The highest BCUT2D eigenvalue weighted by Gasteiger charge is 2.39. The zero-order valence-corrected chi connectivity index (χ0v) is 9.93. The number of benzene rings is 1. The highest BCUT2D eigenvalue weighted by Crippen LogP contribution is 2.21. The van der Waals surface area contributed by atoms with Gasteiger partial charge in [-0.2, -0.15) is 8.78 Å². The molecule has 2 nitrogen and oxygen atoms in total. The van der Waals surface area contributed by atoms with Crippen LogP contribution in [0.15, 0.2) is 24.3 Å². The second-order valence-corrected chi connectivity index (χ2v) is 3.80. The Morgan fingerprint density at radius 1 is 1.28 bits per heavy atom. The molecule has 0 aliphatic rings. The first kappa shape index (κ1) is 14.8. The van der Waals surface area contributed by atoms with E-state index < -0.39 is 18.9 Å². The Bertz CT molecular complexity index is 371. The van der Waals surface area contributed by atoms with Crippen LogP contribution < -0.4 is 10.1 Å². The van der Waals surface area contributed by atoms with Crippen LogP contribution in [0.5, 0.6) is 5.75 Å². The molecule has 102 valence electrons. The summed E-state index contributed by atoms with van der Waals surface area (Å²) in [6.07, 6.45) is -3.21. The average Bonchev–Trinajstić information content (AvgIpc) is 2.35. The van der Waals surface area contributed by atoms with Gasteiger partial charge in [-0.3, -0.25) is 0 Å². The lowest BCUT2D eigenvalue weighted by Crippen LogP contribution is -2.39. The van der Waals surface area contributed by atoms with Gasteiger partial charge < -0.3 is 10.1 Å². The summed E-state index contributed by atoms with van der Waals surface area (Å²) in [7, 11) is 1.51. The fourth-order valence-electron chi connectivity index (χ4n) is 1.46. The van der Waals surface area contributed by atoms with Crippen LogP contribution in [-0.4, -0.2) is 32.5 Å². The van der Waals surface area contributed by atoms with Crippen molar-refractivity contribution < 1.29 is 22.3 Å². The van der Waals surface area contributed by atoms with Crippen molar-refractivity contribution in [2.75, 3.05) is 20.2 Å². The van der Waals surface area contributed by atoms with Crippen molar-refractivity contribution in [3.63, 3.8) is 0 Å². The molecule has 0 unspecified atom stereocenters. The first-order chi connectivity index (χ1) is 8.47. The molecule has 0 bridgehead atoms. The molecular weight excluding hydrogens is 250 g/mol. The monoisotopic (exact) mass is 265 g/mol. The molecule has 0 amide bonds. The fourth-order valence-corrected chi connectivity index (χ4v) is 1.46. The molecule has 1 aromatic carbocycles. The zero-order valence-electron chi connectivity index (χ0n) is 9.93. The van der Waals surface area contributed by atoms with Gasteiger partial charge in [0.05, 0.1) is 13.7 Å². The van der Waals surface area contributed by atoms with E-state index in [0.717, 1.165) is 5.56 Å². The van der Waals surface area contributed by atoms with Crippen molar-refractivity contribution in [3.8, 4) is 5.75 Å². The van der Waals surface area contributed by atoms with Crippen LogP contribution in [0.3, 0.4) is 0 Å². The van der Waals surface area contributed by atoms with Crippen molar-refractivity contribution in [2.24, 2.45) is 0 Å². The molecule has 0 radical (unpaired) electrons. The second-order valence-electron chi connectivity index (χ2n) is 3.80. The largest absolute Gasteiger partial charge is 0.496 e. The number of ether oxygens (including phenoxy) is 1. The predicted molar refractivity (Wildman–Crippen MR) is 60.5 cm³/mol. The van der Waals surface area contributed by atoms with Crippen molar-refractivity contribution in [2.45, 2.75) is 18.8 Å². The summed E-state index contributed by atoms with van der Waals surface area (Å²) >= 11 is 0. The molecule has 1 aromatic rings. The van der Waals surface area contributed by atoms with Gasteiger partial charge in [-0.15, -0.1) is 0 Å². The highest BCUT2D eigenvalue weighted by atomic mass is 19.3. The van der Waals surface area contributed by atoms with E-state index in [0.29, 0.717) is 12.2 Å². The van der Waals surface area contributed by atoms with E-state index in [1.807, 2.05) is 0 Å². The predicted octanol–water partition coefficient (Wildman–Crippen LogP) is 2.73. The van der Waals surface area contributed by atoms with Crippen LogP contribution in [0.1, 0.15) is 5.56 Å². The third kappa shape index (κ3) is 4.18. The van der Waals surface area contributed by atoms with E-state index in [1.165, 1.54) is 7.11 Å². The Kier molecular flexibility index (Phi) is 5.40. The van der Waals surface area contributed by atoms with Gasteiger partial charge in [0, 0.05) is 0 Å². The van der Waals surface area contributed by atoms with Crippen LogP contribution >= 0.6 is 0 Å². The molecule has 0 saturated heterocycles. The van der Waals surface area contributed by atoms with Gasteiger partial charge in [-0.1, -0.05) is 18.2 Å². The number of rotatable bonds is 7. The van der Waals surface area contributed by atoms with Crippen molar-refractivity contribution in [1.29, 1.82) is 0 Å². The molecular formula is C12H15F4NO. The molecule has 0 aliphatic heterocycles. The lowest BCUT2D eigenvalue weighted by Gasteiger charge is -2.16. The molecule has 0 saturated carbocycles. The minimum absolute atomic E-state index is 0.183. The molecule has 0 atom stereocenters. The Balaban J connectivity index is 2.38. The van der Waals surface area contributed by atoms with Crippen LogP contribution in [-0.2, 0) is 6.42 Å². The highest BCUT2D eigenvalue weighted by molar-refractivity contribution is 5.33. The number of halogens is 4. The minimum atomic E-state index is -3.99. The van der Waals surface area contributed by atoms with E-state index in [4.69, 9.17) is 4.74 Å². The Morgan fingerprint density at radius 3 is 2.56 bits per heavy atom. The molecule has 1 N–H and O–H groups in total. The summed E-state index contributed by atoms with van der Waals surface area (Å²) in [4.78, 5) is 0. The maximum atomic E-state index is 12.6. The minimum Gasteiger partial charge on any atom is -0.496 e. The van der Waals surface area contributed by atoms with Crippen LogP contribution in [0, 0.1) is 0 Å². The molecule has 0 spiro atoms. The topological polar surface area (TPSA) is 21.3 Å². The number of methoxy groups -OCH3 is 1. The number of alkyl halides is 4. The molecule has 0 aromatic heterocycles. The Labute approximate surface area is 103 Å². The Hall–Kier alpha value is -1.30. The van der Waals surface area contributed by atoms with Crippen molar-refractivity contribution in [1.82, 2.24) is 5.32 Å². The first-order valence-corrected chi connectivity index (χ1v) is 5.46. The normalized spacial score (nSPS) is 11.9. The average molecular weight is 265 g/mol. The zero-order chi connectivity index (χ0) is 13.6. The van der Waals surface area contributed by atoms with Gasteiger partial charge in [0.2, 0.25) is 0 Å². The van der Waals surface area contributed by atoms with E-state index >= 15 is 0 Å². The number of nitrogens with one attached hydrogen (secondary N) is 1. The van der Waals surface area contributed by atoms with Crippen molar-refractivity contribution in [3.05, 3.63) is 29.8 Å². The van der Waals surface area contributed by atoms with E-state index in [2.05, 4.69) is 5.32 Å². The summed E-state index contributed by atoms with van der Waals surface area (Å²) in [5.74, 6) is -3.33. The molecule has 1 rings (SSSR count). The Morgan fingerprint density at radius 2 is 1.94 bits per heavy atom. The lowest BCUT2D eigenvalue weighted by molar-refractivity contribution is -0.125. The summed E-state index contributed by atoms with van der Waals surface area (Å²) in [5, 5.41) is 2.32. The summed E-state index contributed by atoms with van der Waals surface area (Å²) in [6, 6.07) is 7.14. The van der Waals surface area contributed by atoms with Gasteiger partial charge in [-0.05, 0) is 24.6 Å². The molecule has 6 heteroatoms. The number of hydrogen-bond acceptors (Lipinski definition) is 2. The quantitative estimate of drug-likeness (QED) is 0.604. The maximum absolute atomic E-state index is 12.6. The van der Waals surface area contributed by atoms with Gasteiger partial charge >= 0.3 is 12.3 Å². The third-order valence-electron chi connectivity index (χ3n) is 2.44. The van der Waals surface area contributed by atoms with Gasteiger partial charge in [-0.25, -0.2) is 8.78 Å². The van der Waals surface area contributed by atoms with Crippen LogP contribution in [0.25, 0.3) is 0 Å². The van der Waals surface area contributed by atoms with E-state index in [1.54, 1.807) is 24.3 Å². The van der Waals surface area contributed by atoms with Crippen LogP contribution in [0.2, 0.25) is 0 Å². The molecule has 0 heterocycles. The summed E-state index contributed by atoms with van der Waals surface area (Å²) in [5.41, 5.74) is 0.841. The molecule has 0 aliphatic carbocycles. The second kappa shape index (κ2) is 6.58. The first-order valence-electron chi connectivity index (χ1n) is 5.46. The lowest BCUT2D eigenvalue weighted by atomic mass is 10.1. The number of hydrogen-bond donors (Lipinski definition) is 1. The smallest absolute Gasteiger partial charge is 0.319 e. The third-order valence-corrected chi connectivity index (χ3v) is 2.44. The SMILES string of the molecule is COc1ccccc1CCNCC(F)(F)C(F)F. The van der Waals surface area contributed by atoms with Crippen LogP contribution in [0.4, 0.5) is 17.6 Å².